The smallest absolute Gasteiger partial charge is 0.407 e. The maximum absolute atomic E-state index is 11.5. The minimum atomic E-state index is -0.587. The Hall–Kier alpha value is -2.38. The lowest BCUT2D eigenvalue weighted by atomic mass is 10.1. The maximum Gasteiger partial charge on any atom is 0.407 e. The molecule has 6 nitrogen and oxygen atoms in total. The molecule has 0 radical (unpaired) electrons. The Morgan fingerprint density at radius 1 is 1.19 bits per heavy atom. The minimum Gasteiger partial charge on any atom is -0.445 e. The van der Waals surface area contributed by atoms with Gasteiger partial charge >= 0.3 is 6.09 Å². The van der Waals surface area contributed by atoms with Crippen LogP contribution in [0.25, 0.3) is 0 Å². The van der Waals surface area contributed by atoms with Crippen LogP contribution in [0.1, 0.15) is 20.8 Å². The van der Waals surface area contributed by atoms with Crippen LogP contribution >= 0.6 is 11.3 Å². The van der Waals surface area contributed by atoms with Gasteiger partial charge in [-0.2, -0.15) is 0 Å². The van der Waals surface area contributed by atoms with Crippen molar-refractivity contribution in [3.63, 3.8) is 0 Å². The highest BCUT2D eigenvalue weighted by molar-refractivity contribution is 7.09. The molecule has 0 aliphatic heterocycles. The third kappa shape index (κ3) is 4.59. The molecule has 0 aliphatic rings. The second kappa shape index (κ2) is 7.41. The Morgan fingerprint density at radius 3 is 2.57 bits per heavy atom. The number of thiophene rings is 1. The van der Waals surface area contributed by atoms with Crippen LogP contribution < -0.4 is 10.8 Å². The first-order valence-corrected chi connectivity index (χ1v) is 7.03. The third-order valence-electron chi connectivity index (χ3n) is 2.67. The summed E-state index contributed by atoms with van der Waals surface area (Å²) in [6, 6.07) is 10.2. The topological polar surface area (TPSA) is 87.7 Å². The summed E-state index contributed by atoms with van der Waals surface area (Å²) in [5.74, 6) is -0.587. The predicted molar refractivity (Wildman–Crippen MR) is 77.0 cm³/mol. The van der Waals surface area contributed by atoms with Crippen LogP contribution in [0.5, 0.6) is 0 Å². The van der Waals surface area contributed by atoms with E-state index in [1.165, 1.54) is 12.1 Å². The molecule has 0 unspecified atom stereocenters. The number of nitrogens with one attached hydrogen (secondary N) is 2. The van der Waals surface area contributed by atoms with E-state index in [9.17, 15) is 9.59 Å². The van der Waals surface area contributed by atoms with Crippen molar-refractivity contribution in [2.24, 2.45) is 0 Å². The second-order valence-electron chi connectivity index (χ2n) is 4.15. The summed E-state index contributed by atoms with van der Waals surface area (Å²) in [7, 11) is 0. The van der Waals surface area contributed by atoms with Crippen LogP contribution in [0.15, 0.2) is 41.8 Å². The summed E-state index contributed by atoms with van der Waals surface area (Å²) in [5, 5.41) is 13.1. The van der Waals surface area contributed by atoms with Crippen LogP contribution in [0, 0.1) is 0 Å². The molecule has 2 amide bonds. The van der Waals surface area contributed by atoms with Crippen LogP contribution in [0.4, 0.5) is 4.79 Å². The summed E-state index contributed by atoms with van der Waals surface area (Å²) in [6.45, 7) is 0.545. The minimum absolute atomic E-state index is 0.108. The van der Waals surface area contributed by atoms with Gasteiger partial charge in [-0.3, -0.25) is 10.0 Å². The molecule has 1 aromatic carbocycles. The zero-order chi connectivity index (χ0) is 15.1. The van der Waals surface area contributed by atoms with E-state index in [-0.39, 0.29) is 6.61 Å². The number of amides is 2. The summed E-state index contributed by atoms with van der Waals surface area (Å²) in [4.78, 5) is 23.7. The van der Waals surface area contributed by atoms with Gasteiger partial charge in [0.05, 0.1) is 6.54 Å². The number of ether oxygens (including phenoxy) is 1. The van der Waals surface area contributed by atoms with Gasteiger partial charge in [-0.25, -0.2) is 10.3 Å². The van der Waals surface area contributed by atoms with Gasteiger partial charge < -0.3 is 10.1 Å². The Bertz CT molecular complexity index is 596. The highest BCUT2D eigenvalue weighted by Crippen LogP contribution is 2.08. The third-order valence-corrected chi connectivity index (χ3v) is 3.55. The molecule has 0 bridgehead atoms. The number of hydrogen-bond acceptors (Lipinski definition) is 5. The van der Waals surface area contributed by atoms with Gasteiger partial charge in [0.1, 0.15) is 6.61 Å². The lowest BCUT2D eigenvalue weighted by Crippen LogP contribution is -2.23. The molecule has 1 heterocycles. The van der Waals surface area contributed by atoms with Gasteiger partial charge in [0.15, 0.2) is 0 Å². The fourth-order valence-electron chi connectivity index (χ4n) is 1.59. The fraction of sp³-hybridized carbons (Fsp3) is 0.143. The fourth-order valence-corrected chi connectivity index (χ4v) is 2.23. The number of rotatable bonds is 5. The molecule has 0 atom stereocenters. The van der Waals surface area contributed by atoms with Gasteiger partial charge in [0.25, 0.3) is 5.91 Å². The molecular formula is C14H14N2O4S. The molecule has 0 aliphatic carbocycles. The van der Waals surface area contributed by atoms with Crippen molar-refractivity contribution in [1.82, 2.24) is 10.8 Å². The van der Waals surface area contributed by atoms with E-state index >= 15 is 0 Å². The Morgan fingerprint density at radius 2 is 1.95 bits per heavy atom. The number of hydrogen-bond donors (Lipinski definition) is 3. The standard InChI is InChI=1S/C14H14N2O4S/c17-13(16-19)11-5-3-10(4-6-11)9-20-14(18)15-8-12-2-1-7-21-12/h1-7,19H,8-9H2,(H,15,18)(H,16,17). The average Bonchev–Trinajstić information content (AvgIpc) is 3.04. The molecule has 7 heteroatoms. The molecule has 110 valence electrons. The molecule has 0 saturated heterocycles. The summed E-state index contributed by atoms with van der Waals surface area (Å²) >= 11 is 1.56. The van der Waals surface area contributed by atoms with E-state index in [2.05, 4.69) is 5.32 Å². The van der Waals surface area contributed by atoms with Gasteiger partial charge in [-0.05, 0) is 29.1 Å². The highest BCUT2D eigenvalue weighted by Gasteiger charge is 2.05. The van der Waals surface area contributed by atoms with E-state index in [0.717, 1.165) is 10.4 Å². The molecule has 2 aromatic rings. The van der Waals surface area contributed by atoms with Gasteiger partial charge in [-0.15, -0.1) is 11.3 Å². The molecule has 0 fully saturated rings. The van der Waals surface area contributed by atoms with Gasteiger partial charge in [-0.1, -0.05) is 18.2 Å². The zero-order valence-electron chi connectivity index (χ0n) is 11.0. The first-order chi connectivity index (χ1) is 10.2. The van der Waals surface area contributed by atoms with Crippen molar-refractivity contribution in [3.05, 3.63) is 57.8 Å². The molecular weight excluding hydrogens is 292 g/mol. The van der Waals surface area contributed by atoms with E-state index in [4.69, 9.17) is 9.94 Å². The molecule has 0 saturated carbocycles. The molecule has 3 N–H and O–H groups in total. The summed E-state index contributed by atoms with van der Waals surface area (Å²) in [6.07, 6.45) is -0.499. The van der Waals surface area contributed by atoms with E-state index in [1.807, 2.05) is 17.5 Å². The largest absolute Gasteiger partial charge is 0.445 e. The van der Waals surface area contributed by atoms with E-state index in [1.54, 1.807) is 28.9 Å². The Balaban J connectivity index is 1.77. The number of benzene rings is 1. The normalized spacial score (nSPS) is 9.95. The van der Waals surface area contributed by atoms with Crippen molar-refractivity contribution in [3.8, 4) is 0 Å². The lowest BCUT2D eigenvalue weighted by Gasteiger charge is -2.07. The Labute approximate surface area is 125 Å². The van der Waals surface area contributed by atoms with Gasteiger partial charge in [0, 0.05) is 10.4 Å². The maximum atomic E-state index is 11.5. The van der Waals surface area contributed by atoms with Crippen LogP contribution in [0.3, 0.4) is 0 Å². The number of carbonyl (C=O) groups excluding carboxylic acids is 2. The van der Waals surface area contributed by atoms with Crippen molar-refractivity contribution in [2.75, 3.05) is 0 Å². The van der Waals surface area contributed by atoms with Crippen LogP contribution in [0.2, 0.25) is 0 Å². The van der Waals surface area contributed by atoms with Crippen molar-refractivity contribution < 1.29 is 19.5 Å². The Kier molecular flexibility index (Phi) is 5.30. The zero-order valence-corrected chi connectivity index (χ0v) is 11.9. The molecule has 2 rings (SSSR count). The number of carbonyl (C=O) groups is 2. The SMILES string of the molecule is O=C(NCc1cccs1)OCc1ccc(C(=O)NO)cc1. The van der Waals surface area contributed by atoms with E-state index in [0.29, 0.717) is 12.1 Å². The number of alkyl carbamates (subject to hydrolysis) is 1. The molecule has 1 aromatic heterocycles. The van der Waals surface area contributed by atoms with Crippen LogP contribution in [-0.4, -0.2) is 17.2 Å². The lowest BCUT2D eigenvalue weighted by molar-refractivity contribution is 0.0706. The summed E-state index contributed by atoms with van der Waals surface area (Å²) in [5.41, 5.74) is 2.62. The van der Waals surface area contributed by atoms with E-state index < -0.39 is 12.0 Å². The van der Waals surface area contributed by atoms with Gasteiger partial charge in [0.2, 0.25) is 0 Å². The van der Waals surface area contributed by atoms with Crippen molar-refractivity contribution in [1.29, 1.82) is 0 Å². The number of hydroxylamine groups is 1. The average molecular weight is 306 g/mol. The first kappa shape index (κ1) is 15.0. The highest BCUT2D eigenvalue weighted by atomic mass is 32.1. The molecule has 21 heavy (non-hydrogen) atoms. The first-order valence-electron chi connectivity index (χ1n) is 6.15. The van der Waals surface area contributed by atoms with Crippen molar-refractivity contribution >= 4 is 23.3 Å². The van der Waals surface area contributed by atoms with Crippen molar-refractivity contribution in [2.45, 2.75) is 13.2 Å². The predicted octanol–water partition coefficient (Wildman–Crippen LogP) is 2.29. The summed E-state index contributed by atoms with van der Waals surface area (Å²) < 4.78 is 5.06. The quantitative estimate of drug-likeness (QED) is 0.584. The second-order valence-corrected chi connectivity index (χ2v) is 5.18. The van der Waals surface area contributed by atoms with Crippen LogP contribution in [-0.2, 0) is 17.9 Å². The monoisotopic (exact) mass is 306 g/mol. The molecule has 0 spiro atoms.